The predicted octanol–water partition coefficient (Wildman–Crippen LogP) is 2.58. The number of nitrogens with two attached hydrogens (primary N) is 1. The number of rotatable bonds is 3. The van der Waals surface area contributed by atoms with Crippen LogP contribution in [-0.4, -0.2) is 11.1 Å². The van der Waals surface area contributed by atoms with Gasteiger partial charge >= 0.3 is 5.97 Å². The number of carbonyl (C=O) groups is 1. The first-order valence-electron chi connectivity index (χ1n) is 5.51. The number of nitrogen functional groups attached to an aromatic ring is 1. The van der Waals surface area contributed by atoms with E-state index in [1.54, 1.807) is 24.3 Å². The third kappa shape index (κ3) is 2.64. The Bertz CT molecular complexity index is 675. The second-order valence-electron chi connectivity index (χ2n) is 3.89. The van der Waals surface area contributed by atoms with E-state index in [1.165, 1.54) is 18.2 Å². The molecule has 0 radical (unpaired) electrons. The standard InChI is InChI=1S/C14H11N3O2/c15-8-9-3-1-2-4-12(9)17-13-7-10(16)5-6-11(13)14(18)19/h1-7,17H,16H2,(H,18,19). The minimum atomic E-state index is -1.06. The molecule has 0 aliphatic carbocycles. The number of nitrogens with one attached hydrogen (secondary N) is 1. The number of nitriles is 1. The highest BCUT2D eigenvalue weighted by Crippen LogP contribution is 2.25. The fraction of sp³-hybridized carbons (Fsp3) is 0. The van der Waals surface area contributed by atoms with Gasteiger partial charge in [-0.3, -0.25) is 0 Å². The summed E-state index contributed by atoms with van der Waals surface area (Å²) in [5.41, 5.74) is 7.53. The van der Waals surface area contributed by atoms with Crippen LogP contribution in [0.15, 0.2) is 42.5 Å². The molecule has 94 valence electrons. The molecule has 19 heavy (non-hydrogen) atoms. The second-order valence-corrected chi connectivity index (χ2v) is 3.89. The molecule has 0 bridgehead atoms. The van der Waals surface area contributed by atoms with Crippen molar-refractivity contribution in [2.45, 2.75) is 0 Å². The Morgan fingerprint density at radius 2 is 1.95 bits per heavy atom. The van der Waals surface area contributed by atoms with Crippen LogP contribution in [0.2, 0.25) is 0 Å². The zero-order valence-corrected chi connectivity index (χ0v) is 9.92. The van der Waals surface area contributed by atoms with Crippen LogP contribution in [0.1, 0.15) is 15.9 Å². The lowest BCUT2D eigenvalue weighted by atomic mass is 10.1. The molecular formula is C14H11N3O2. The predicted molar refractivity (Wildman–Crippen MR) is 72.3 cm³/mol. The molecule has 0 amide bonds. The molecule has 4 N–H and O–H groups in total. The van der Waals surface area contributed by atoms with E-state index in [-0.39, 0.29) is 5.56 Å². The molecule has 2 aromatic rings. The van der Waals surface area contributed by atoms with Gasteiger partial charge in [0.2, 0.25) is 0 Å². The summed E-state index contributed by atoms with van der Waals surface area (Å²) in [5, 5.41) is 21.0. The third-order valence-corrected chi connectivity index (χ3v) is 2.59. The van der Waals surface area contributed by atoms with Crippen molar-refractivity contribution in [2.75, 3.05) is 11.1 Å². The number of carboxylic acids is 1. The Morgan fingerprint density at radius 3 is 2.63 bits per heavy atom. The summed E-state index contributed by atoms with van der Waals surface area (Å²) in [6.07, 6.45) is 0. The molecule has 0 heterocycles. The lowest BCUT2D eigenvalue weighted by Gasteiger charge is -2.11. The van der Waals surface area contributed by atoms with E-state index in [1.807, 2.05) is 6.07 Å². The number of anilines is 3. The highest BCUT2D eigenvalue weighted by Gasteiger charge is 2.11. The van der Waals surface area contributed by atoms with E-state index < -0.39 is 5.97 Å². The summed E-state index contributed by atoms with van der Waals surface area (Å²) in [4.78, 5) is 11.1. The Labute approximate surface area is 109 Å². The van der Waals surface area contributed by atoms with Crippen LogP contribution in [0.5, 0.6) is 0 Å². The molecule has 0 aliphatic heterocycles. The Kier molecular flexibility index (Phi) is 3.35. The van der Waals surface area contributed by atoms with Crippen LogP contribution in [0.25, 0.3) is 0 Å². The van der Waals surface area contributed by atoms with Gasteiger partial charge in [-0.15, -0.1) is 0 Å². The van der Waals surface area contributed by atoms with Crippen molar-refractivity contribution in [3.63, 3.8) is 0 Å². The topological polar surface area (TPSA) is 99.1 Å². The van der Waals surface area contributed by atoms with E-state index in [0.29, 0.717) is 22.6 Å². The maximum Gasteiger partial charge on any atom is 0.337 e. The molecule has 0 atom stereocenters. The van der Waals surface area contributed by atoms with Gasteiger partial charge in [-0.2, -0.15) is 5.26 Å². The fourth-order valence-electron chi connectivity index (χ4n) is 1.69. The van der Waals surface area contributed by atoms with Crippen molar-refractivity contribution < 1.29 is 9.90 Å². The summed E-state index contributed by atoms with van der Waals surface area (Å²) < 4.78 is 0. The number of hydrogen-bond acceptors (Lipinski definition) is 4. The summed E-state index contributed by atoms with van der Waals surface area (Å²) >= 11 is 0. The van der Waals surface area contributed by atoms with Crippen LogP contribution in [0.3, 0.4) is 0 Å². The molecule has 0 saturated carbocycles. The SMILES string of the molecule is N#Cc1ccccc1Nc1cc(N)ccc1C(=O)O. The molecule has 2 rings (SSSR count). The number of carboxylic acid groups (broad SMARTS) is 1. The molecule has 0 spiro atoms. The van der Waals surface area contributed by atoms with Gasteiger partial charge in [-0.1, -0.05) is 12.1 Å². The average molecular weight is 253 g/mol. The first-order valence-corrected chi connectivity index (χ1v) is 5.51. The molecule has 0 aromatic heterocycles. The first-order chi connectivity index (χ1) is 9.11. The van der Waals surface area contributed by atoms with Gasteiger partial charge in [0.05, 0.1) is 22.5 Å². The number of hydrogen-bond donors (Lipinski definition) is 3. The number of nitrogens with zero attached hydrogens (tertiary/aromatic N) is 1. The Morgan fingerprint density at radius 1 is 1.21 bits per heavy atom. The Balaban J connectivity index is 2.46. The van der Waals surface area contributed by atoms with Crippen LogP contribution >= 0.6 is 0 Å². The van der Waals surface area contributed by atoms with Gasteiger partial charge < -0.3 is 16.2 Å². The monoisotopic (exact) mass is 253 g/mol. The largest absolute Gasteiger partial charge is 0.478 e. The van der Waals surface area contributed by atoms with Crippen LogP contribution in [-0.2, 0) is 0 Å². The lowest BCUT2D eigenvalue weighted by molar-refractivity contribution is 0.0698. The van der Waals surface area contributed by atoms with Gasteiger partial charge in [0, 0.05) is 5.69 Å². The van der Waals surface area contributed by atoms with Gasteiger partial charge in [0.1, 0.15) is 6.07 Å². The van der Waals surface area contributed by atoms with Gasteiger partial charge in [-0.05, 0) is 30.3 Å². The average Bonchev–Trinajstić information content (AvgIpc) is 2.39. The molecule has 2 aromatic carbocycles. The molecule has 0 aliphatic rings. The van der Waals surface area contributed by atoms with Gasteiger partial charge in [0.25, 0.3) is 0 Å². The highest BCUT2D eigenvalue weighted by molar-refractivity contribution is 5.96. The lowest BCUT2D eigenvalue weighted by Crippen LogP contribution is -2.04. The van der Waals surface area contributed by atoms with Crippen molar-refractivity contribution in [1.29, 1.82) is 5.26 Å². The van der Waals surface area contributed by atoms with Crippen LogP contribution < -0.4 is 11.1 Å². The second kappa shape index (κ2) is 5.10. The molecule has 0 fully saturated rings. The molecule has 0 unspecified atom stereocenters. The van der Waals surface area contributed by atoms with E-state index in [0.717, 1.165) is 0 Å². The summed E-state index contributed by atoms with van der Waals surface area (Å²) in [7, 11) is 0. The highest BCUT2D eigenvalue weighted by atomic mass is 16.4. The van der Waals surface area contributed by atoms with Crippen molar-refractivity contribution in [3.05, 3.63) is 53.6 Å². The van der Waals surface area contributed by atoms with Gasteiger partial charge in [-0.25, -0.2) is 4.79 Å². The maximum atomic E-state index is 11.1. The zero-order valence-electron chi connectivity index (χ0n) is 9.92. The van der Waals surface area contributed by atoms with Crippen molar-refractivity contribution >= 4 is 23.0 Å². The summed E-state index contributed by atoms with van der Waals surface area (Å²) in [6.45, 7) is 0. The minimum Gasteiger partial charge on any atom is -0.478 e. The van der Waals surface area contributed by atoms with Gasteiger partial charge in [0.15, 0.2) is 0 Å². The van der Waals surface area contributed by atoms with E-state index in [9.17, 15) is 4.79 Å². The zero-order chi connectivity index (χ0) is 13.8. The van der Waals surface area contributed by atoms with Crippen molar-refractivity contribution in [3.8, 4) is 6.07 Å². The molecular weight excluding hydrogens is 242 g/mol. The fourth-order valence-corrected chi connectivity index (χ4v) is 1.69. The van der Waals surface area contributed by atoms with E-state index in [2.05, 4.69) is 5.32 Å². The molecule has 0 saturated heterocycles. The number of aromatic carboxylic acids is 1. The molecule has 5 heteroatoms. The summed E-state index contributed by atoms with van der Waals surface area (Å²) in [6, 6.07) is 13.4. The quantitative estimate of drug-likeness (QED) is 0.730. The minimum absolute atomic E-state index is 0.0990. The smallest absolute Gasteiger partial charge is 0.337 e. The summed E-state index contributed by atoms with van der Waals surface area (Å²) in [5.74, 6) is -1.06. The number of para-hydroxylation sites is 1. The van der Waals surface area contributed by atoms with E-state index >= 15 is 0 Å². The number of benzene rings is 2. The first kappa shape index (κ1) is 12.5. The van der Waals surface area contributed by atoms with Crippen molar-refractivity contribution in [1.82, 2.24) is 0 Å². The van der Waals surface area contributed by atoms with Crippen LogP contribution in [0.4, 0.5) is 17.1 Å². The maximum absolute atomic E-state index is 11.1. The van der Waals surface area contributed by atoms with E-state index in [4.69, 9.17) is 16.1 Å². The molecule has 5 nitrogen and oxygen atoms in total. The van der Waals surface area contributed by atoms with Crippen LogP contribution in [0, 0.1) is 11.3 Å². The Hall–Kier alpha value is -3.00. The normalized spacial score (nSPS) is 9.63. The van der Waals surface area contributed by atoms with Crippen molar-refractivity contribution in [2.24, 2.45) is 0 Å². The third-order valence-electron chi connectivity index (χ3n) is 2.59.